The lowest BCUT2D eigenvalue weighted by Crippen LogP contribution is -2.73. The van der Waals surface area contributed by atoms with E-state index in [0.717, 1.165) is 41.5 Å². The van der Waals surface area contributed by atoms with Gasteiger partial charge < -0.3 is 4.90 Å². The highest BCUT2D eigenvalue weighted by molar-refractivity contribution is 5.82. The van der Waals surface area contributed by atoms with Gasteiger partial charge in [0, 0.05) is 43.0 Å². The molecular weight excluding hydrogens is 455 g/mol. The molecule has 180 valence electrons. The fraction of sp³-hybridized carbons (Fsp3) is 0.520. The van der Waals surface area contributed by atoms with E-state index in [1.165, 1.54) is 4.90 Å². The number of hydrogen-bond donors (Lipinski definition) is 0. The lowest BCUT2D eigenvalue weighted by Gasteiger charge is -2.60. The molecule has 4 heterocycles. The monoisotopic (exact) mass is 479 g/mol. The van der Waals surface area contributed by atoms with Crippen molar-refractivity contribution in [2.45, 2.75) is 37.8 Å². The minimum Gasteiger partial charge on any atom is -0.355 e. The predicted molar refractivity (Wildman–Crippen MR) is 122 cm³/mol. The average Bonchev–Trinajstić information content (AvgIpc) is 3.62. The summed E-state index contributed by atoms with van der Waals surface area (Å²) in [6, 6.07) is 10.7. The lowest BCUT2D eigenvalue weighted by atomic mass is 9.73. The summed E-state index contributed by atoms with van der Waals surface area (Å²) in [5.41, 5.74) is 1.69. The SMILES string of the molecule is Cc1nc(N2CC3(CN(CC(F)(F)F)C3)C2)cc(-n2ncc3ccc(C4(C#N)CC45CC5)cc32)n1. The number of fused-ring (bicyclic) bond motifs is 1. The van der Waals surface area contributed by atoms with E-state index in [1.807, 2.05) is 19.1 Å². The molecule has 7 rings (SSSR count). The van der Waals surface area contributed by atoms with Crippen LogP contribution in [0, 0.1) is 29.1 Å². The van der Waals surface area contributed by atoms with E-state index >= 15 is 0 Å². The molecule has 2 saturated heterocycles. The van der Waals surface area contributed by atoms with Crippen molar-refractivity contribution in [3.63, 3.8) is 0 Å². The number of aryl methyl sites for hydroxylation is 1. The van der Waals surface area contributed by atoms with E-state index in [1.54, 1.807) is 10.9 Å². The van der Waals surface area contributed by atoms with E-state index in [2.05, 4.69) is 38.2 Å². The molecule has 0 N–H and O–H groups in total. The summed E-state index contributed by atoms with van der Waals surface area (Å²) in [6.45, 7) is 3.30. The highest BCUT2D eigenvalue weighted by Gasteiger charge is 2.75. The van der Waals surface area contributed by atoms with Crippen LogP contribution in [0.3, 0.4) is 0 Å². The number of alkyl halides is 3. The van der Waals surface area contributed by atoms with E-state index < -0.39 is 12.7 Å². The van der Waals surface area contributed by atoms with Gasteiger partial charge in [-0.15, -0.1) is 0 Å². The second kappa shape index (κ2) is 6.52. The summed E-state index contributed by atoms with van der Waals surface area (Å²) >= 11 is 0. The van der Waals surface area contributed by atoms with Crippen molar-refractivity contribution in [1.29, 1.82) is 5.26 Å². The number of anilines is 1. The minimum absolute atomic E-state index is 0.0772. The molecule has 0 amide bonds. The molecule has 1 aromatic carbocycles. The zero-order chi connectivity index (χ0) is 24.2. The molecule has 2 aliphatic heterocycles. The molecule has 1 unspecified atom stereocenters. The van der Waals surface area contributed by atoms with Crippen molar-refractivity contribution in [3.8, 4) is 11.9 Å². The summed E-state index contributed by atoms with van der Waals surface area (Å²) in [6.07, 6.45) is 0.832. The first-order valence-electron chi connectivity index (χ1n) is 11.9. The Morgan fingerprint density at radius 1 is 1.06 bits per heavy atom. The van der Waals surface area contributed by atoms with Crippen molar-refractivity contribution < 1.29 is 13.2 Å². The number of hydrogen-bond acceptors (Lipinski definition) is 6. The third kappa shape index (κ3) is 3.10. The van der Waals surface area contributed by atoms with Gasteiger partial charge >= 0.3 is 6.18 Å². The number of likely N-dealkylation sites (tertiary alicyclic amines) is 1. The standard InChI is InChI=1S/C25H24F3N7/c1-16-31-20(34-13-22(14-34)11-33(12-22)15-25(26,27)28)7-21(32-16)35-19-6-18(3-2-17(19)8-30-35)24(10-29)9-23(24)4-5-23/h2-3,6-8H,4-5,9,11-15H2,1H3. The summed E-state index contributed by atoms with van der Waals surface area (Å²) in [7, 11) is 0. The maximum absolute atomic E-state index is 12.6. The summed E-state index contributed by atoms with van der Waals surface area (Å²) < 4.78 is 39.7. The molecule has 10 heteroatoms. The van der Waals surface area contributed by atoms with Crippen LogP contribution in [0.15, 0.2) is 30.5 Å². The Balaban J connectivity index is 1.15. The fourth-order valence-electron chi connectivity index (χ4n) is 6.52. The molecule has 3 aromatic rings. The van der Waals surface area contributed by atoms with Gasteiger partial charge in [-0.25, -0.2) is 14.6 Å². The van der Waals surface area contributed by atoms with Gasteiger partial charge in [-0.2, -0.15) is 23.5 Å². The van der Waals surface area contributed by atoms with Crippen molar-refractivity contribution in [1.82, 2.24) is 24.6 Å². The summed E-state index contributed by atoms with van der Waals surface area (Å²) in [4.78, 5) is 12.8. The van der Waals surface area contributed by atoms with Crippen LogP contribution in [-0.2, 0) is 5.41 Å². The third-order valence-electron chi connectivity index (χ3n) is 8.42. The van der Waals surface area contributed by atoms with Gasteiger partial charge in [0.1, 0.15) is 11.6 Å². The van der Waals surface area contributed by atoms with Crippen molar-refractivity contribution in [3.05, 3.63) is 41.9 Å². The Morgan fingerprint density at radius 3 is 2.46 bits per heavy atom. The zero-order valence-corrected chi connectivity index (χ0v) is 19.3. The molecule has 1 atom stereocenters. The molecule has 0 radical (unpaired) electrons. The van der Waals surface area contributed by atoms with Gasteiger partial charge in [-0.3, -0.25) is 4.90 Å². The molecule has 2 saturated carbocycles. The van der Waals surface area contributed by atoms with Crippen LogP contribution in [0.1, 0.15) is 30.7 Å². The molecule has 2 aliphatic carbocycles. The fourth-order valence-corrected chi connectivity index (χ4v) is 6.52. The van der Waals surface area contributed by atoms with Gasteiger partial charge in [-0.05, 0) is 43.2 Å². The second-order valence-corrected chi connectivity index (χ2v) is 11.1. The lowest BCUT2D eigenvalue weighted by molar-refractivity contribution is -0.172. The van der Waals surface area contributed by atoms with Crippen LogP contribution >= 0.6 is 0 Å². The van der Waals surface area contributed by atoms with Gasteiger partial charge in [0.05, 0.1) is 29.7 Å². The molecular formula is C25H24F3N7. The molecule has 2 aromatic heterocycles. The number of aromatic nitrogens is 4. The molecule has 7 nitrogen and oxygen atoms in total. The average molecular weight is 480 g/mol. The van der Waals surface area contributed by atoms with Crippen molar-refractivity contribution in [2.75, 3.05) is 37.6 Å². The van der Waals surface area contributed by atoms with Crippen LogP contribution in [0.5, 0.6) is 0 Å². The van der Waals surface area contributed by atoms with Crippen LogP contribution < -0.4 is 4.90 Å². The largest absolute Gasteiger partial charge is 0.401 e. The first-order chi connectivity index (χ1) is 16.6. The smallest absolute Gasteiger partial charge is 0.355 e. The van der Waals surface area contributed by atoms with Crippen LogP contribution in [0.2, 0.25) is 0 Å². The first kappa shape index (κ1) is 21.1. The highest BCUT2D eigenvalue weighted by Crippen LogP contribution is 2.78. The van der Waals surface area contributed by atoms with Crippen LogP contribution in [0.4, 0.5) is 19.0 Å². The van der Waals surface area contributed by atoms with E-state index in [-0.39, 0.29) is 16.2 Å². The summed E-state index contributed by atoms with van der Waals surface area (Å²) in [5, 5.41) is 15.5. The predicted octanol–water partition coefficient (Wildman–Crippen LogP) is 3.75. The van der Waals surface area contributed by atoms with Crippen molar-refractivity contribution >= 4 is 16.7 Å². The molecule has 2 spiro atoms. The Bertz CT molecular complexity index is 1400. The minimum atomic E-state index is -4.15. The second-order valence-electron chi connectivity index (χ2n) is 11.1. The number of nitrogens with zero attached hydrogens (tertiary/aromatic N) is 7. The van der Waals surface area contributed by atoms with E-state index in [4.69, 9.17) is 0 Å². The highest BCUT2D eigenvalue weighted by atomic mass is 19.4. The topological polar surface area (TPSA) is 73.9 Å². The number of benzene rings is 1. The van der Waals surface area contributed by atoms with Crippen LogP contribution in [0.25, 0.3) is 16.7 Å². The molecule has 4 aliphatic rings. The van der Waals surface area contributed by atoms with Crippen molar-refractivity contribution in [2.24, 2.45) is 10.8 Å². The molecule has 0 bridgehead atoms. The first-order valence-corrected chi connectivity index (χ1v) is 11.9. The van der Waals surface area contributed by atoms with Gasteiger partial charge in [0.2, 0.25) is 0 Å². The third-order valence-corrected chi connectivity index (χ3v) is 8.42. The maximum Gasteiger partial charge on any atom is 0.401 e. The molecule has 4 fully saturated rings. The van der Waals surface area contributed by atoms with Gasteiger partial charge in [-0.1, -0.05) is 12.1 Å². The Morgan fingerprint density at radius 2 is 1.80 bits per heavy atom. The van der Waals surface area contributed by atoms with E-state index in [0.29, 0.717) is 37.8 Å². The summed E-state index contributed by atoms with van der Waals surface area (Å²) in [5.74, 6) is 2.02. The van der Waals surface area contributed by atoms with Gasteiger partial charge in [0.15, 0.2) is 5.82 Å². The normalized spacial score (nSPS) is 26.0. The van der Waals surface area contributed by atoms with E-state index in [9.17, 15) is 18.4 Å². The molecule has 35 heavy (non-hydrogen) atoms. The Labute approximate surface area is 200 Å². The number of nitriles is 1. The zero-order valence-electron chi connectivity index (χ0n) is 19.3. The van der Waals surface area contributed by atoms with Crippen LogP contribution in [-0.4, -0.2) is 63.5 Å². The number of halogens is 3. The number of rotatable bonds is 4. The van der Waals surface area contributed by atoms with Gasteiger partial charge in [0.25, 0.3) is 0 Å². The Kier molecular flexibility index (Phi) is 3.93. The quantitative estimate of drug-likeness (QED) is 0.568. The Hall–Kier alpha value is -3.19. The maximum atomic E-state index is 12.6.